The second kappa shape index (κ2) is 9.63. The fraction of sp³-hybridized carbons (Fsp3) is 0.480. The minimum atomic E-state index is -3.62. The molecule has 0 spiro atoms. The monoisotopic (exact) mass is 455 g/mol. The zero-order valence-electron chi connectivity index (χ0n) is 19.0. The van der Waals surface area contributed by atoms with Crippen LogP contribution in [-0.4, -0.2) is 44.8 Å². The van der Waals surface area contributed by atoms with Gasteiger partial charge < -0.3 is 10.2 Å². The number of rotatable bonds is 6. The number of hydrogen-bond donors (Lipinski definition) is 1. The molecule has 0 aliphatic carbocycles. The lowest BCUT2D eigenvalue weighted by molar-refractivity contribution is 0.0950. The van der Waals surface area contributed by atoms with E-state index < -0.39 is 10.0 Å². The average Bonchev–Trinajstić information content (AvgIpc) is 3.32. The Kier molecular flexibility index (Phi) is 6.86. The van der Waals surface area contributed by atoms with Gasteiger partial charge in [0.2, 0.25) is 10.0 Å². The third-order valence-corrected chi connectivity index (χ3v) is 8.26. The number of carbonyl (C=O) groups excluding carboxylic acids is 1. The highest BCUT2D eigenvalue weighted by molar-refractivity contribution is 7.89. The van der Waals surface area contributed by atoms with Crippen LogP contribution in [-0.2, 0) is 16.6 Å². The largest absolute Gasteiger partial charge is 0.372 e. The molecule has 4 rings (SSSR count). The number of piperidine rings is 1. The van der Waals surface area contributed by atoms with Crippen LogP contribution in [0.25, 0.3) is 0 Å². The molecule has 2 aliphatic heterocycles. The van der Waals surface area contributed by atoms with Crippen molar-refractivity contribution in [3.8, 4) is 0 Å². The molecule has 1 amide bonds. The minimum Gasteiger partial charge on any atom is -0.372 e. The van der Waals surface area contributed by atoms with Crippen LogP contribution in [0.5, 0.6) is 0 Å². The molecule has 2 heterocycles. The highest BCUT2D eigenvalue weighted by atomic mass is 32.2. The zero-order chi connectivity index (χ0) is 22.7. The van der Waals surface area contributed by atoms with Gasteiger partial charge in [-0.15, -0.1) is 0 Å². The van der Waals surface area contributed by atoms with Crippen LogP contribution >= 0.6 is 0 Å². The second-order valence-electron chi connectivity index (χ2n) is 9.34. The molecule has 2 atom stereocenters. The Bertz CT molecular complexity index is 1040. The van der Waals surface area contributed by atoms with Crippen molar-refractivity contribution in [1.29, 1.82) is 0 Å². The van der Waals surface area contributed by atoms with E-state index in [-0.39, 0.29) is 10.8 Å². The Morgan fingerprint density at radius 3 is 2.31 bits per heavy atom. The quantitative estimate of drug-likeness (QED) is 0.718. The molecule has 172 valence electrons. The van der Waals surface area contributed by atoms with Crippen LogP contribution in [0.15, 0.2) is 53.4 Å². The Hall–Kier alpha value is -2.38. The maximum absolute atomic E-state index is 13.2. The lowest BCUT2D eigenvalue weighted by Crippen LogP contribution is -2.42. The van der Waals surface area contributed by atoms with Crippen LogP contribution in [0, 0.1) is 11.8 Å². The van der Waals surface area contributed by atoms with Crippen LogP contribution in [0.2, 0.25) is 0 Å². The molecule has 1 N–H and O–H groups in total. The van der Waals surface area contributed by atoms with Crippen molar-refractivity contribution < 1.29 is 13.2 Å². The van der Waals surface area contributed by atoms with Gasteiger partial charge in [-0.25, -0.2) is 8.42 Å². The van der Waals surface area contributed by atoms with Gasteiger partial charge in [0, 0.05) is 44.0 Å². The molecule has 2 aromatic carbocycles. The van der Waals surface area contributed by atoms with Gasteiger partial charge >= 0.3 is 0 Å². The molecule has 32 heavy (non-hydrogen) atoms. The number of sulfonamides is 1. The smallest absolute Gasteiger partial charge is 0.251 e. The third kappa shape index (κ3) is 5.15. The van der Waals surface area contributed by atoms with E-state index >= 15 is 0 Å². The molecule has 7 heteroatoms. The molecule has 2 saturated heterocycles. The predicted octanol–water partition coefficient (Wildman–Crippen LogP) is 3.88. The van der Waals surface area contributed by atoms with Crippen LogP contribution in [0.3, 0.4) is 0 Å². The summed E-state index contributed by atoms with van der Waals surface area (Å²) in [5.41, 5.74) is 2.59. The van der Waals surface area contributed by atoms with Gasteiger partial charge in [-0.05, 0) is 67.0 Å². The van der Waals surface area contributed by atoms with E-state index in [0.717, 1.165) is 25.1 Å². The van der Waals surface area contributed by atoms with Gasteiger partial charge in [0.25, 0.3) is 5.91 Å². The van der Waals surface area contributed by atoms with Crippen molar-refractivity contribution in [3.05, 3.63) is 59.7 Å². The first-order valence-electron chi connectivity index (χ1n) is 11.6. The molecular formula is C25H33N3O3S. The van der Waals surface area contributed by atoms with E-state index in [2.05, 4.69) is 36.2 Å². The number of nitrogens with zero attached hydrogens (tertiary/aromatic N) is 2. The average molecular weight is 456 g/mol. The van der Waals surface area contributed by atoms with Crippen LogP contribution in [0.1, 0.15) is 49.0 Å². The molecule has 0 radical (unpaired) electrons. The van der Waals surface area contributed by atoms with Crippen molar-refractivity contribution in [3.63, 3.8) is 0 Å². The van der Waals surface area contributed by atoms with Gasteiger partial charge in [0.15, 0.2) is 0 Å². The van der Waals surface area contributed by atoms with Crippen molar-refractivity contribution in [2.24, 2.45) is 11.8 Å². The van der Waals surface area contributed by atoms with E-state index in [9.17, 15) is 13.2 Å². The van der Waals surface area contributed by atoms with Gasteiger partial charge in [0.1, 0.15) is 0 Å². The van der Waals surface area contributed by atoms with E-state index in [1.807, 2.05) is 12.1 Å². The Balaban J connectivity index is 1.41. The maximum atomic E-state index is 13.2. The van der Waals surface area contributed by atoms with Crippen LogP contribution < -0.4 is 10.2 Å². The number of carbonyl (C=O) groups is 1. The van der Waals surface area contributed by atoms with E-state index in [0.29, 0.717) is 37.0 Å². The first kappa shape index (κ1) is 22.8. The molecule has 0 saturated carbocycles. The summed E-state index contributed by atoms with van der Waals surface area (Å²) in [7, 11) is -3.62. The molecule has 2 aliphatic rings. The highest BCUT2D eigenvalue weighted by Gasteiger charge is 2.32. The number of nitrogens with one attached hydrogen (secondary N) is 1. The van der Waals surface area contributed by atoms with Crippen LogP contribution in [0.4, 0.5) is 5.69 Å². The summed E-state index contributed by atoms with van der Waals surface area (Å²) >= 11 is 0. The van der Waals surface area contributed by atoms with Gasteiger partial charge in [0.05, 0.1) is 4.90 Å². The molecular weight excluding hydrogens is 422 g/mol. The molecule has 0 bridgehead atoms. The van der Waals surface area contributed by atoms with E-state index in [1.54, 1.807) is 22.5 Å². The predicted molar refractivity (Wildman–Crippen MR) is 127 cm³/mol. The lowest BCUT2D eigenvalue weighted by atomic mass is 9.94. The Morgan fingerprint density at radius 1 is 1.00 bits per heavy atom. The number of anilines is 1. The van der Waals surface area contributed by atoms with Crippen molar-refractivity contribution in [2.45, 2.75) is 44.6 Å². The van der Waals surface area contributed by atoms with Gasteiger partial charge in [-0.1, -0.05) is 32.0 Å². The standard InChI is InChI=1S/C25H33N3O3S/c1-19-14-20(2)18-28(17-19)32(30,31)24-7-5-6-22(15-24)25(29)26-16-21-8-10-23(11-9-21)27-12-3-4-13-27/h5-11,15,19-20H,3-4,12-14,16-18H2,1-2H3,(H,26,29). The molecule has 2 fully saturated rings. The number of hydrogen-bond acceptors (Lipinski definition) is 4. The highest BCUT2D eigenvalue weighted by Crippen LogP contribution is 2.27. The Morgan fingerprint density at radius 2 is 1.66 bits per heavy atom. The van der Waals surface area contributed by atoms with Crippen molar-refractivity contribution >= 4 is 21.6 Å². The van der Waals surface area contributed by atoms with Crippen molar-refractivity contribution in [2.75, 3.05) is 31.1 Å². The summed E-state index contributed by atoms with van der Waals surface area (Å²) < 4.78 is 27.9. The summed E-state index contributed by atoms with van der Waals surface area (Å²) in [5, 5.41) is 2.92. The SMILES string of the molecule is CC1CC(C)CN(S(=O)(=O)c2cccc(C(=O)NCc3ccc(N4CCCC4)cc3)c2)C1. The van der Waals surface area contributed by atoms with E-state index in [4.69, 9.17) is 0 Å². The summed E-state index contributed by atoms with van der Waals surface area (Å²) in [6.45, 7) is 7.82. The van der Waals surface area contributed by atoms with Crippen molar-refractivity contribution in [1.82, 2.24) is 9.62 Å². The molecule has 0 aromatic heterocycles. The third-order valence-electron chi connectivity index (χ3n) is 6.43. The summed E-state index contributed by atoms with van der Waals surface area (Å²) in [6, 6.07) is 14.6. The second-order valence-corrected chi connectivity index (χ2v) is 11.3. The maximum Gasteiger partial charge on any atom is 0.251 e. The fourth-order valence-corrected chi connectivity index (χ4v) is 6.56. The van der Waals surface area contributed by atoms with Gasteiger partial charge in [-0.3, -0.25) is 4.79 Å². The molecule has 2 unspecified atom stereocenters. The Labute approximate surface area is 191 Å². The lowest BCUT2D eigenvalue weighted by Gasteiger charge is -2.34. The minimum absolute atomic E-state index is 0.182. The number of amides is 1. The normalized spacial score (nSPS) is 22.1. The summed E-state index contributed by atoms with van der Waals surface area (Å²) in [4.78, 5) is 15.3. The summed E-state index contributed by atoms with van der Waals surface area (Å²) in [5.74, 6) is 0.389. The zero-order valence-corrected chi connectivity index (χ0v) is 19.8. The molecule has 6 nitrogen and oxygen atoms in total. The topological polar surface area (TPSA) is 69.7 Å². The summed E-state index contributed by atoms with van der Waals surface area (Å²) in [6.07, 6.45) is 3.51. The first-order valence-corrected chi connectivity index (χ1v) is 13.0. The number of benzene rings is 2. The first-order chi connectivity index (χ1) is 15.3. The molecule has 2 aromatic rings. The van der Waals surface area contributed by atoms with E-state index in [1.165, 1.54) is 24.6 Å². The van der Waals surface area contributed by atoms with Gasteiger partial charge in [-0.2, -0.15) is 4.31 Å². The fourth-order valence-electron chi connectivity index (χ4n) is 4.83.